The van der Waals surface area contributed by atoms with Gasteiger partial charge in [-0.2, -0.15) is 0 Å². The van der Waals surface area contributed by atoms with Crippen molar-refractivity contribution in [2.75, 3.05) is 11.4 Å². The first-order valence-corrected chi connectivity index (χ1v) is 12.7. The van der Waals surface area contributed by atoms with Crippen molar-refractivity contribution in [3.63, 3.8) is 0 Å². The SMILES string of the molecule is O=C1C([P+](c2ccccc2)(c2ccccc2)c2ccccc2)CCN1c1ccccc1F. The van der Waals surface area contributed by atoms with Gasteiger partial charge in [0.2, 0.25) is 0 Å². The Morgan fingerprint density at radius 2 is 1.09 bits per heavy atom. The lowest BCUT2D eigenvalue weighted by Gasteiger charge is -2.32. The van der Waals surface area contributed by atoms with Gasteiger partial charge in [-0.15, -0.1) is 0 Å². The molecule has 4 aromatic rings. The number of carbonyl (C=O) groups is 1. The Morgan fingerprint density at radius 1 is 0.656 bits per heavy atom. The van der Waals surface area contributed by atoms with E-state index in [4.69, 9.17) is 0 Å². The standard InChI is InChI=1S/C28H24FNOP/c29-25-18-10-11-19-26(25)30-21-20-27(28(30)31)32(22-12-4-1-5-13-22,23-14-6-2-7-15-23)24-16-8-3-9-17-24/h1-19,27H,20-21H2/q+1. The number of nitrogens with zero attached hydrogens (tertiary/aromatic N) is 1. The second-order valence-electron chi connectivity index (χ2n) is 7.98. The van der Waals surface area contributed by atoms with Crippen molar-refractivity contribution >= 4 is 34.8 Å². The first-order chi connectivity index (χ1) is 15.7. The van der Waals surface area contributed by atoms with Crippen molar-refractivity contribution in [1.29, 1.82) is 0 Å². The van der Waals surface area contributed by atoms with Crippen LogP contribution in [0.4, 0.5) is 10.1 Å². The zero-order chi connectivity index (χ0) is 22.0. The zero-order valence-corrected chi connectivity index (χ0v) is 18.5. The average molecular weight is 440 g/mol. The molecule has 2 nitrogen and oxygen atoms in total. The molecule has 1 saturated heterocycles. The number of hydrogen-bond donors (Lipinski definition) is 0. The van der Waals surface area contributed by atoms with Crippen molar-refractivity contribution in [2.24, 2.45) is 0 Å². The van der Waals surface area contributed by atoms with Gasteiger partial charge >= 0.3 is 0 Å². The van der Waals surface area contributed by atoms with Crippen molar-refractivity contribution in [3.8, 4) is 0 Å². The lowest BCUT2D eigenvalue weighted by molar-refractivity contribution is -0.116. The van der Waals surface area contributed by atoms with Crippen molar-refractivity contribution in [1.82, 2.24) is 0 Å². The first-order valence-electron chi connectivity index (χ1n) is 10.8. The van der Waals surface area contributed by atoms with E-state index in [1.165, 1.54) is 22.0 Å². The maximum absolute atomic E-state index is 14.6. The molecule has 0 spiro atoms. The maximum Gasteiger partial charge on any atom is 0.269 e. The summed E-state index contributed by atoms with van der Waals surface area (Å²) < 4.78 is 14.6. The molecular formula is C28H24FNOP+. The highest BCUT2D eigenvalue weighted by Gasteiger charge is 2.58. The fourth-order valence-electron chi connectivity index (χ4n) is 4.91. The van der Waals surface area contributed by atoms with Crippen molar-refractivity contribution in [2.45, 2.75) is 12.1 Å². The first kappa shape index (κ1) is 20.6. The third kappa shape index (κ3) is 3.34. The number of carbonyl (C=O) groups excluding carboxylic acids is 1. The molecule has 4 heteroatoms. The summed E-state index contributed by atoms with van der Waals surface area (Å²) in [6.45, 7) is 0.513. The molecule has 4 aromatic carbocycles. The predicted octanol–water partition coefficient (Wildman–Crippen LogP) is 4.93. The van der Waals surface area contributed by atoms with Crippen LogP contribution in [0.2, 0.25) is 0 Å². The quantitative estimate of drug-likeness (QED) is 0.403. The highest BCUT2D eigenvalue weighted by molar-refractivity contribution is 7.97. The number of hydrogen-bond acceptors (Lipinski definition) is 1. The fourth-order valence-corrected chi connectivity index (χ4v) is 9.79. The Balaban J connectivity index is 1.74. The molecular weight excluding hydrogens is 416 g/mol. The van der Waals surface area contributed by atoms with Crippen LogP contribution < -0.4 is 20.8 Å². The summed E-state index contributed by atoms with van der Waals surface area (Å²) in [5, 5.41) is 3.52. The van der Waals surface area contributed by atoms with Gasteiger partial charge in [0, 0.05) is 13.0 Å². The van der Waals surface area contributed by atoms with E-state index in [-0.39, 0.29) is 17.4 Å². The van der Waals surface area contributed by atoms with Gasteiger partial charge in [-0.1, -0.05) is 66.7 Å². The van der Waals surface area contributed by atoms with Crippen LogP contribution >= 0.6 is 7.26 Å². The topological polar surface area (TPSA) is 20.3 Å². The molecule has 1 atom stereocenters. The van der Waals surface area contributed by atoms with Gasteiger partial charge in [-0.25, -0.2) is 4.39 Å². The van der Waals surface area contributed by atoms with E-state index in [9.17, 15) is 9.18 Å². The second-order valence-corrected chi connectivity index (χ2v) is 11.6. The smallest absolute Gasteiger partial charge is 0.269 e. The minimum absolute atomic E-state index is 0.00000693. The number of amides is 1. The van der Waals surface area contributed by atoms with Crippen LogP contribution in [0.1, 0.15) is 6.42 Å². The number of rotatable bonds is 5. The van der Waals surface area contributed by atoms with Gasteiger partial charge in [-0.05, 0) is 48.5 Å². The summed E-state index contributed by atoms with van der Waals surface area (Å²) in [6.07, 6.45) is 0.680. The summed E-state index contributed by atoms with van der Waals surface area (Å²) in [6, 6.07) is 37.7. The van der Waals surface area contributed by atoms with Crippen LogP contribution in [0.15, 0.2) is 115 Å². The zero-order valence-electron chi connectivity index (χ0n) is 17.6. The Morgan fingerprint density at radius 3 is 1.56 bits per heavy atom. The van der Waals surface area contributed by atoms with Gasteiger partial charge < -0.3 is 4.90 Å². The fraction of sp³-hybridized carbons (Fsp3) is 0.107. The highest BCUT2D eigenvalue weighted by atomic mass is 31.2. The third-order valence-corrected chi connectivity index (χ3v) is 11.0. The molecule has 5 rings (SSSR count). The van der Waals surface area contributed by atoms with Crippen LogP contribution in [0.3, 0.4) is 0 Å². The number of anilines is 1. The molecule has 0 saturated carbocycles. The van der Waals surface area contributed by atoms with Gasteiger partial charge in [0.15, 0.2) is 5.66 Å². The molecule has 0 bridgehead atoms. The number of para-hydroxylation sites is 1. The maximum atomic E-state index is 14.6. The van der Waals surface area contributed by atoms with Gasteiger partial charge in [0.05, 0.1) is 5.69 Å². The summed E-state index contributed by atoms with van der Waals surface area (Å²) in [5.74, 6) is -0.357. The Bertz CT molecular complexity index is 1120. The highest BCUT2D eigenvalue weighted by Crippen LogP contribution is 2.62. The molecule has 1 heterocycles. The van der Waals surface area contributed by atoms with Crippen LogP contribution in [0.25, 0.3) is 0 Å². The van der Waals surface area contributed by atoms with Crippen LogP contribution in [0, 0.1) is 5.82 Å². The lowest BCUT2D eigenvalue weighted by atomic mass is 10.3. The molecule has 0 N–H and O–H groups in total. The molecule has 0 radical (unpaired) electrons. The molecule has 0 aromatic heterocycles. The van der Waals surface area contributed by atoms with E-state index in [1.54, 1.807) is 23.1 Å². The summed E-state index contributed by atoms with van der Waals surface area (Å²) in [4.78, 5) is 15.7. The lowest BCUT2D eigenvalue weighted by Crippen LogP contribution is -2.43. The molecule has 1 aliphatic rings. The van der Waals surface area contributed by atoms with Crippen LogP contribution in [-0.4, -0.2) is 18.1 Å². The van der Waals surface area contributed by atoms with Gasteiger partial charge in [-0.3, -0.25) is 4.79 Å². The van der Waals surface area contributed by atoms with E-state index in [0.29, 0.717) is 18.7 Å². The Labute approximate surface area is 188 Å². The molecule has 1 fully saturated rings. The number of halogens is 1. The predicted molar refractivity (Wildman–Crippen MR) is 132 cm³/mol. The van der Waals surface area contributed by atoms with E-state index < -0.39 is 7.26 Å². The molecule has 1 unspecified atom stereocenters. The van der Waals surface area contributed by atoms with Crippen LogP contribution in [0.5, 0.6) is 0 Å². The number of benzene rings is 4. The monoisotopic (exact) mass is 440 g/mol. The Kier molecular flexibility index (Phi) is 5.59. The van der Waals surface area contributed by atoms with Gasteiger partial charge in [0.25, 0.3) is 5.91 Å². The molecule has 32 heavy (non-hydrogen) atoms. The largest absolute Gasteiger partial charge is 0.306 e. The molecule has 1 amide bonds. The van der Waals surface area contributed by atoms with Gasteiger partial charge in [0.1, 0.15) is 29.0 Å². The van der Waals surface area contributed by atoms with Crippen molar-refractivity contribution in [3.05, 3.63) is 121 Å². The van der Waals surface area contributed by atoms with E-state index in [1.807, 2.05) is 54.6 Å². The van der Waals surface area contributed by atoms with E-state index in [0.717, 1.165) is 0 Å². The second kappa shape index (κ2) is 8.68. The normalized spacial score (nSPS) is 16.3. The minimum Gasteiger partial charge on any atom is -0.306 e. The van der Waals surface area contributed by atoms with E-state index >= 15 is 0 Å². The average Bonchev–Trinajstić information content (AvgIpc) is 3.23. The van der Waals surface area contributed by atoms with E-state index in [2.05, 4.69) is 36.4 Å². The minimum atomic E-state index is -2.34. The molecule has 1 aliphatic heterocycles. The molecule has 0 aliphatic carbocycles. The summed E-state index contributed by atoms with van der Waals surface area (Å²) >= 11 is 0. The van der Waals surface area contributed by atoms with Crippen LogP contribution in [-0.2, 0) is 4.79 Å². The summed E-state index contributed by atoms with van der Waals surface area (Å²) in [7, 11) is -2.34. The summed E-state index contributed by atoms with van der Waals surface area (Å²) in [5.41, 5.74) is 0.113. The van der Waals surface area contributed by atoms with Crippen molar-refractivity contribution < 1.29 is 9.18 Å². The molecule has 158 valence electrons. The third-order valence-electron chi connectivity index (χ3n) is 6.28. The Hall–Kier alpha value is -3.29.